The maximum Gasteiger partial charge on any atom is 0.416 e. The van der Waals surface area contributed by atoms with E-state index in [1.54, 1.807) is 0 Å². The summed E-state index contributed by atoms with van der Waals surface area (Å²) in [4.78, 5) is 0. The van der Waals surface area contributed by atoms with Gasteiger partial charge in [0.2, 0.25) is 0 Å². The van der Waals surface area contributed by atoms with E-state index in [0.29, 0.717) is 12.5 Å². The lowest BCUT2D eigenvalue weighted by Gasteiger charge is -2.41. The highest BCUT2D eigenvalue weighted by Gasteiger charge is 2.37. The molecule has 3 saturated carbocycles. The largest absolute Gasteiger partial charge is 0.493 e. The molecule has 3 aliphatic carbocycles. The Labute approximate surface area is 219 Å². The zero-order chi connectivity index (χ0) is 26.6. The lowest BCUT2D eigenvalue weighted by atomic mass is 9.65. The van der Waals surface area contributed by atoms with Crippen molar-refractivity contribution in [3.8, 4) is 5.75 Å². The Bertz CT molecular complexity index is 862. The summed E-state index contributed by atoms with van der Waals surface area (Å²) in [5.41, 5.74) is -2.67. The minimum absolute atomic E-state index is 0.0714. The second-order valence-electron chi connectivity index (χ2n) is 12.1. The van der Waals surface area contributed by atoms with Crippen molar-refractivity contribution in [2.75, 3.05) is 6.61 Å². The van der Waals surface area contributed by atoms with E-state index in [1.165, 1.54) is 77.0 Å². The van der Waals surface area contributed by atoms with Crippen molar-refractivity contribution in [3.63, 3.8) is 0 Å². The Morgan fingerprint density at radius 1 is 0.757 bits per heavy atom. The van der Waals surface area contributed by atoms with Crippen molar-refractivity contribution in [3.05, 3.63) is 35.9 Å². The second kappa shape index (κ2) is 12.5. The fourth-order valence-corrected chi connectivity index (χ4v) is 7.55. The molecule has 0 bridgehead atoms. The number of allylic oxidation sites excluding steroid dienone is 1. The van der Waals surface area contributed by atoms with Crippen LogP contribution in [0.25, 0.3) is 5.57 Å². The van der Waals surface area contributed by atoms with Gasteiger partial charge in [-0.05, 0) is 99.7 Å². The smallest absolute Gasteiger partial charge is 0.416 e. The quantitative estimate of drug-likeness (QED) is 0.306. The molecule has 6 heteroatoms. The number of rotatable bonds is 8. The van der Waals surface area contributed by atoms with E-state index in [4.69, 9.17) is 4.74 Å². The minimum atomic E-state index is -4.89. The van der Waals surface area contributed by atoms with Gasteiger partial charge < -0.3 is 4.74 Å². The van der Waals surface area contributed by atoms with Crippen molar-refractivity contribution in [2.45, 2.75) is 103 Å². The minimum Gasteiger partial charge on any atom is -0.493 e. The molecule has 0 atom stereocenters. The lowest BCUT2D eigenvalue weighted by Crippen LogP contribution is -2.30. The van der Waals surface area contributed by atoms with E-state index in [2.05, 4.69) is 13.5 Å². The predicted molar refractivity (Wildman–Crippen MR) is 138 cm³/mol. The van der Waals surface area contributed by atoms with Crippen molar-refractivity contribution >= 4 is 5.57 Å². The summed E-state index contributed by atoms with van der Waals surface area (Å²) in [5, 5.41) is 0. The standard InChI is InChI=1S/C31H43F5O/c1-3-4-21-5-9-23(10-6-21)25-13-15-26(16-14-25)24-11-7-22(8-12-24)19-37-27-17-28(32)30(29(33)18-27)20(2)31(34,35)36/h17-18,21-26H,2-16,19H2,1H3. The molecular formula is C31H43F5O. The van der Waals surface area contributed by atoms with E-state index in [0.717, 1.165) is 54.6 Å². The van der Waals surface area contributed by atoms with E-state index in [1.807, 2.05) is 0 Å². The van der Waals surface area contributed by atoms with Crippen molar-refractivity contribution in [1.29, 1.82) is 0 Å². The first-order chi connectivity index (χ1) is 17.7. The Morgan fingerprint density at radius 3 is 1.57 bits per heavy atom. The van der Waals surface area contributed by atoms with Gasteiger partial charge in [-0.2, -0.15) is 13.2 Å². The van der Waals surface area contributed by atoms with Crippen LogP contribution in [0.3, 0.4) is 0 Å². The number of halogens is 5. The van der Waals surface area contributed by atoms with E-state index in [9.17, 15) is 22.0 Å². The fourth-order valence-electron chi connectivity index (χ4n) is 7.55. The first-order valence-corrected chi connectivity index (χ1v) is 14.5. The highest BCUT2D eigenvalue weighted by molar-refractivity contribution is 5.69. The molecule has 1 aromatic rings. The Hall–Kier alpha value is -1.59. The van der Waals surface area contributed by atoms with Gasteiger partial charge in [0.15, 0.2) is 0 Å². The van der Waals surface area contributed by atoms with Gasteiger partial charge in [-0.3, -0.25) is 0 Å². The van der Waals surface area contributed by atoms with Crippen LogP contribution in [-0.2, 0) is 0 Å². The summed E-state index contributed by atoms with van der Waals surface area (Å²) >= 11 is 0. The van der Waals surface area contributed by atoms with Gasteiger partial charge in [-0.25, -0.2) is 8.78 Å². The Kier molecular flexibility index (Phi) is 9.61. The second-order valence-corrected chi connectivity index (χ2v) is 12.1. The molecule has 0 heterocycles. The molecule has 0 spiro atoms. The molecule has 208 valence electrons. The molecule has 3 fully saturated rings. The van der Waals surface area contributed by atoms with Crippen LogP contribution in [0.1, 0.15) is 102 Å². The molecule has 4 rings (SSSR count). The molecule has 0 aliphatic heterocycles. The third kappa shape index (κ3) is 7.29. The van der Waals surface area contributed by atoms with Crippen LogP contribution < -0.4 is 4.74 Å². The molecule has 3 aliphatic rings. The van der Waals surface area contributed by atoms with Crippen LogP contribution in [0.5, 0.6) is 5.75 Å². The van der Waals surface area contributed by atoms with Crippen LogP contribution >= 0.6 is 0 Å². The molecule has 1 nitrogen and oxygen atoms in total. The third-order valence-electron chi connectivity index (χ3n) is 9.77. The van der Waals surface area contributed by atoms with Gasteiger partial charge in [-0.1, -0.05) is 39.2 Å². The van der Waals surface area contributed by atoms with Crippen molar-refractivity contribution in [1.82, 2.24) is 0 Å². The average molecular weight is 527 g/mol. The zero-order valence-corrected chi connectivity index (χ0v) is 22.2. The zero-order valence-electron chi connectivity index (χ0n) is 22.2. The number of hydrogen-bond acceptors (Lipinski definition) is 1. The van der Waals surface area contributed by atoms with Crippen LogP contribution in [0.15, 0.2) is 18.7 Å². The summed E-state index contributed by atoms with van der Waals surface area (Å²) in [6, 6.07) is 1.66. The maximum atomic E-state index is 14.2. The van der Waals surface area contributed by atoms with Gasteiger partial charge in [0.1, 0.15) is 17.4 Å². The summed E-state index contributed by atoms with van der Waals surface area (Å²) < 4.78 is 72.6. The molecule has 0 amide bonds. The summed E-state index contributed by atoms with van der Waals surface area (Å²) in [6.07, 6.45) is 13.5. The van der Waals surface area contributed by atoms with Gasteiger partial charge in [-0.15, -0.1) is 0 Å². The molecule has 0 saturated heterocycles. The molecule has 1 aromatic carbocycles. The van der Waals surface area contributed by atoms with Gasteiger partial charge in [0.05, 0.1) is 17.7 Å². The summed E-state index contributed by atoms with van der Waals surface area (Å²) in [7, 11) is 0. The molecule has 37 heavy (non-hydrogen) atoms. The van der Waals surface area contributed by atoms with E-state index < -0.39 is 28.9 Å². The van der Waals surface area contributed by atoms with Crippen LogP contribution in [0, 0.1) is 47.1 Å². The average Bonchev–Trinajstić information content (AvgIpc) is 2.88. The van der Waals surface area contributed by atoms with Crippen molar-refractivity contribution in [2.24, 2.45) is 35.5 Å². The molecule has 0 aromatic heterocycles. The normalized spacial score (nSPS) is 31.2. The van der Waals surface area contributed by atoms with Crippen LogP contribution in [0.4, 0.5) is 22.0 Å². The molecule has 0 unspecified atom stereocenters. The van der Waals surface area contributed by atoms with Gasteiger partial charge >= 0.3 is 6.18 Å². The molecular weight excluding hydrogens is 483 g/mol. The van der Waals surface area contributed by atoms with Crippen LogP contribution in [-0.4, -0.2) is 12.8 Å². The number of ether oxygens (including phenoxy) is 1. The van der Waals surface area contributed by atoms with Crippen molar-refractivity contribution < 1.29 is 26.7 Å². The third-order valence-corrected chi connectivity index (χ3v) is 9.77. The Balaban J connectivity index is 1.18. The van der Waals surface area contributed by atoms with E-state index in [-0.39, 0.29) is 5.75 Å². The summed E-state index contributed by atoms with van der Waals surface area (Å²) in [5.74, 6) is 2.09. The highest BCUT2D eigenvalue weighted by Crippen LogP contribution is 2.46. The van der Waals surface area contributed by atoms with Gasteiger partial charge in [0.25, 0.3) is 0 Å². The number of alkyl halides is 3. The maximum absolute atomic E-state index is 14.2. The predicted octanol–water partition coefficient (Wildman–Crippen LogP) is 10.1. The molecule has 0 radical (unpaired) electrons. The lowest BCUT2D eigenvalue weighted by molar-refractivity contribution is -0.0690. The first-order valence-electron chi connectivity index (χ1n) is 14.5. The Morgan fingerprint density at radius 2 is 1.16 bits per heavy atom. The van der Waals surface area contributed by atoms with E-state index >= 15 is 0 Å². The molecule has 0 N–H and O–H groups in total. The topological polar surface area (TPSA) is 9.23 Å². The number of hydrogen-bond donors (Lipinski definition) is 0. The van der Waals surface area contributed by atoms with Gasteiger partial charge in [0, 0.05) is 12.1 Å². The number of benzene rings is 1. The SMILES string of the molecule is C=C(c1c(F)cc(OCC2CCC(C3CCC(C4CCC(CCC)CC4)CC3)CC2)cc1F)C(F)(F)F. The monoisotopic (exact) mass is 526 g/mol. The summed E-state index contributed by atoms with van der Waals surface area (Å²) in [6.45, 7) is 5.44. The van der Waals surface area contributed by atoms with Crippen LogP contribution in [0.2, 0.25) is 0 Å². The highest BCUT2D eigenvalue weighted by atomic mass is 19.4. The fraction of sp³-hybridized carbons (Fsp3) is 0.742. The first kappa shape index (κ1) is 28.4.